The van der Waals surface area contributed by atoms with Crippen molar-refractivity contribution >= 4 is 5.97 Å². The molecule has 0 aromatic heterocycles. The summed E-state index contributed by atoms with van der Waals surface area (Å²) in [5.74, 6) is 7.10. The highest BCUT2D eigenvalue weighted by molar-refractivity contribution is 5.74. The van der Waals surface area contributed by atoms with Gasteiger partial charge in [-0.25, -0.2) is 0 Å². The average molecular weight is 341 g/mol. The molecule has 10 unspecified atom stereocenters. The second kappa shape index (κ2) is 4.93. The standard InChI is InChI=1S/C23H32O2/c1-12(2)23(11-13-3-6-17(23)7-13)25-22(24)19-10-16-9-18(19)21-15-5-4-14(8-15)20(16)21/h4-5,12-21H,3,6-11H2,1-2H3. The van der Waals surface area contributed by atoms with Crippen LogP contribution in [-0.4, -0.2) is 11.6 Å². The van der Waals surface area contributed by atoms with Crippen LogP contribution in [-0.2, 0) is 9.53 Å². The first kappa shape index (κ1) is 15.3. The van der Waals surface area contributed by atoms with Gasteiger partial charge >= 0.3 is 5.97 Å². The van der Waals surface area contributed by atoms with Crippen LogP contribution in [0.15, 0.2) is 12.2 Å². The molecule has 6 rings (SSSR count). The lowest BCUT2D eigenvalue weighted by Crippen LogP contribution is -2.47. The van der Waals surface area contributed by atoms with Gasteiger partial charge < -0.3 is 4.74 Å². The summed E-state index contributed by atoms with van der Waals surface area (Å²) in [4.78, 5) is 13.3. The van der Waals surface area contributed by atoms with E-state index in [2.05, 4.69) is 26.0 Å². The Bertz CT molecular complexity index is 636. The molecule has 0 heterocycles. The van der Waals surface area contributed by atoms with E-state index in [1.807, 2.05) is 0 Å². The first-order chi connectivity index (χ1) is 12.1. The molecule has 2 heteroatoms. The summed E-state index contributed by atoms with van der Waals surface area (Å²) in [6.07, 6.45) is 13.9. The number of ether oxygens (including phenoxy) is 1. The number of carbonyl (C=O) groups is 1. The molecule has 6 aliphatic rings. The van der Waals surface area contributed by atoms with Crippen molar-refractivity contribution in [3.05, 3.63) is 12.2 Å². The fourth-order valence-corrected chi connectivity index (χ4v) is 8.82. The third kappa shape index (κ3) is 1.85. The van der Waals surface area contributed by atoms with Crippen molar-refractivity contribution in [2.24, 2.45) is 59.2 Å². The average Bonchev–Trinajstić information content (AvgIpc) is 3.40. The molecule has 5 fully saturated rings. The van der Waals surface area contributed by atoms with Gasteiger partial charge in [0.15, 0.2) is 0 Å². The lowest BCUT2D eigenvalue weighted by atomic mass is 9.69. The van der Waals surface area contributed by atoms with Crippen molar-refractivity contribution in [3.8, 4) is 0 Å². The van der Waals surface area contributed by atoms with E-state index in [0.29, 0.717) is 17.8 Å². The fourth-order valence-electron chi connectivity index (χ4n) is 8.82. The quantitative estimate of drug-likeness (QED) is 0.417. The highest BCUT2D eigenvalue weighted by Crippen LogP contribution is 2.67. The third-order valence-corrected chi connectivity index (χ3v) is 9.68. The maximum absolute atomic E-state index is 13.3. The minimum absolute atomic E-state index is 0.129. The number of esters is 1. The monoisotopic (exact) mass is 340 g/mol. The molecule has 0 amide bonds. The second-order valence-electron chi connectivity index (χ2n) is 10.7. The summed E-state index contributed by atoms with van der Waals surface area (Å²) < 4.78 is 6.50. The molecular formula is C23H32O2. The van der Waals surface area contributed by atoms with Crippen molar-refractivity contribution in [1.29, 1.82) is 0 Å². The molecule has 5 saturated carbocycles. The van der Waals surface area contributed by atoms with Gasteiger partial charge in [0.05, 0.1) is 5.92 Å². The zero-order valence-corrected chi connectivity index (χ0v) is 15.7. The van der Waals surface area contributed by atoms with Crippen LogP contribution in [0, 0.1) is 59.2 Å². The molecule has 10 atom stereocenters. The molecule has 0 N–H and O–H groups in total. The summed E-state index contributed by atoms with van der Waals surface area (Å²) >= 11 is 0. The summed E-state index contributed by atoms with van der Waals surface area (Å²) in [6.45, 7) is 4.57. The van der Waals surface area contributed by atoms with Crippen LogP contribution >= 0.6 is 0 Å². The Morgan fingerprint density at radius 2 is 1.84 bits per heavy atom. The number of rotatable bonds is 3. The highest BCUT2D eigenvalue weighted by atomic mass is 16.6. The van der Waals surface area contributed by atoms with Crippen LogP contribution < -0.4 is 0 Å². The zero-order chi connectivity index (χ0) is 16.9. The van der Waals surface area contributed by atoms with Gasteiger partial charge in [-0.05, 0) is 98.2 Å². The van der Waals surface area contributed by atoms with Gasteiger partial charge in [0.1, 0.15) is 5.60 Å². The maximum atomic E-state index is 13.3. The maximum Gasteiger partial charge on any atom is 0.309 e. The topological polar surface area (TPSA) is 26.3 Å². The smallest absolute Gasteiger partial charge is 0.309 e. The number of hydrogen-bond donors (Lipinski definition) is 0. The summed E-state index contributed by atoms with van der Waals surface area (Å²) in [7, 11) is 0. The van der Waals surface area contributed by atoms with Gasteiger partial charge in [-0.15, -0.1) is 0 Å². The molecular weight excluding hydrogens is 308 g/mol. The Labute approximate surface area is 151 Å². The van der Waals surface area contributed by atoms with Crippen molar-refractivity contribution < 1.29 is 9.53 Å². The molecule has 0 saturated heterocycles. The lowest BCUT2D eigenvalue weighted by molar-refractivity contribution is -0.181. The Balaban J connectivity index is 1.23. The molecule has 0 aromatic rings. The van der Waals surface area contributed by atoms with E-state index in [1.165, 1.54) is 32.1 Å². The van der Waals surface area contributed by atoms with Crippen LogP contribution in [0.5, 0.6) is 0 Å². The Morgan fingerprint density at radius 1 is 1.04 bits per heavy atom. The predicted molar refractivity (Wildman–Crippen MR) is 96.5 cm³/mol. The number of hydrogen-bond acceptors (Lipinski definition) is 2. The number of carbonyl (C=O) groups excluding carboxylic acids is 1. The molecule has 0 radical (unpaired) electrons. The number of fused-ring (bicyclic) bond motifs is 11. The second-order valence-corrected chi connectivity index (χ2v) is 10.7. The summed E-state index contributed by atoms with van der Waals surface area (Å²) in [5.41, 5.74) is -0.129. The van der Waals surface area contributed by atoms with Crippen molar-refractivity contribution in [1.82, 2.24) is 0 Å². The fraction of sp³-hybridized carbons (Fsp3) is 0.870. The molecule has 0 aliphatic heterocycles. The number of allylic oxidation sites excluding steroid dienone is 2. The van der Waals surface area contributed by atoms with E-state index in [-0.39, 0.29) is 17.5 Å². The third-order valence-electron chi connectivity index (χ3n) is 9.68. The Hall–Kier alpha value is -0.790. The Morgan fingerprint density at radius 3 is 2.52 bits per heavy atom. The van der Waals surface area contributed by atoms with E-state index >= 15 is 0 Å². The first-order valence-corrected chi connectivity index (χ1v) is 11.0. The van der Waals surface area contributed by atoms with Gasteiger partial charge in [-0.3, -0.25) is 4.79 Å². The minimum Gasteiger partial charge on any atom is -0.458 e. The van der Waals surface area contributed by atoms with Crippen molar-refractivity contribution in [3.63, 3.8) is 0 Å². The molecule has 0 spiro atoms. The molecule has 25 heavy (non-hydrogen) atoms. The first-order valence-electron chi connectivity index (χ1n) is 11.0. The van der Waals surface area contributed by atoms with E-state index in [0.717, 1.165) is 48.3 Å². The van der Waals surface area contributed by atoms with Gasteiger partial charge in [-0.1, -0.05) is 26.0 Å². The van der Waals surface area contributed by atoms with Gasteiger partial charge in [-0.2, -0.15) is 0 Å². The van der Waals surface area contributed by atoms with E-state index in [4.69, 9.17) is 4.74 Å². The van der Waals surface area contributed by atoms with Crippen LogP contribution in [0.25, 0.3) is 0 Å². The van der Waals surface area contributed by atoms with Crippen LogP contribution in [0.1, 0.15) is 58.8 Å². The molecule has 6 bridgehead atoms. The zero-order valence-electron chi connectivity index (χ0n) is 15.7. The van der Waals surface area contributed by atoms with E-state index in [9.17, 15) is 4.79 Å². The predicted octanol–water partition coefficient (Wildman–Crippen LogP) is 4.84. The summed E-state index contributed by atoms with van der Waals surface area (Å²) in [5, 5.41) is 0. The highest BCUT2D eigenvalue weighted by Gasteiger charge is 2.63. The van der Waals surface area contributed by atoms with E-state index < -0.39 is 0 Å². The Kier molecular flexibility index (Phi) is 3.01. The molecule has 2 nitrogen and oxygen atoms in total. The van der Waals surface area contributed by atoms with E-state index in [1.54, 1.807) is 0 Å². The molecule has 0 aromatic carbocycles. The lowest BCUT2D eigenvalue weighted by Gasteiger charge is -2.43. The summed E-state index contributed by atoms with van der Waals surface area (Å²) in [6, 6.07) is 0. The molecule has 136 valence electrons. The van der Waals surface area contributed by atoms with Crippen LogP contribution in [0.4, 0.5) is 0 Å². The van der Waals surface area contributed by atoms with Gasteiger partial charge in [0.25, 0.3) is 0 Å². The van der Waals surface area contributed by atoms with Crippen LogP contribution in [0.3, 0.4) is 0 Å². The SMILES string of the molecule is CC(C)C1(OC(=O)C2CC3CC2C2C4C=CC(C4)C32)CC2CCC1C2. The largest absolute Gasteiger partial charge is 0.458 e. The molecule has 6 aliphatic carbocycles. The van der Waals surface area contributed by atoms with Crippen molar-refractivity contribution in [2.75, 3.05) is 0 Å². The van der Waals surface area contributed by atoms with Crippen molar-refractivity contribution in [2.45, 2.75) is 64.4 Å². The van der Waals surface area contributed by atoms with Crippen LogP contribution in [0.2, 0.25) is 0 Å². The van der Waals surface area contributed by atoms with Gasteiger partial charge in [0.2, 0.25) is 0 Å². The van der Waals surface area contributed by atoms with Gasteiger partial charge in [0, 0.05) is 0 Å². The normalized spacial score (nSPS) is 57.0. The minimum atomic E-state index is -0.129.